The number of aryl methyl sites for hydroxylation is 1. The molecule has 0 saturated carbocycles. The van der Waals surface area contributed by atoms with Gasteiger partial charge >= 0.3 is 0 Å². The average Bonchev–Trinajstić information content (AvgIpc) is 3.27. The molecule has 0 bridgehead atoms. The molecule has 0 spiro atoms. The third-order valence-electron chi connectivity index (χ3n) is 5.79. The van der Waals surface area contributed by atoms with E-state index in [0.29, 0.717) is 6.54 Å². The van der Waals surface area contributed by atoms with E-state index in [4.69, 9.17) is 11.6 Å². The summed E-state index contributed by atoms with van der Waals surface area (Å²) in [4.78, 5) is 14.7. The third-order valence-corrected chi connectivity index (χ3v) is 6.02. The van der Waals surface area contributed by atoms with E-state index in [0.717, 1.165) is 30.1 Å². The Morgan fingerprint density at radius 1 is 1.21 bits per heavy atom. The predicted octanol–water partition coefficient (Wildman–Crippen LogP) is 3.31. The van der Waals surface area contributed by atoms with Crippen LogP contribution in [0.1, 0.15) is 17.5 Å². The summed E-state index contributed by atoms with van der Waals surface area (Å²) in [6.07, 6.45) is 2.98. The molecule has 152 valence electrons. The van der Waals surface area contributed by atoms with Crippen molar-refractivity contribution in [2.75, 3.05) is 13.6 Å². The van der Waals surface area contributed by atoms with Crippen molar-refractivity contribution in [1.82, 2.24) is 20.1 Å². The van der Waals surface area contributed by atoms with Crippen molar-refractivity contribution in [2.24, 2.45) is 7.05 Å². The van der Waals surface area contributed by atoms with Crippen LogP contribution in [0.3, 0.4) is 0 Å². The molecular weight excluding hydrogens is 384 g/mol. The van der Waals surface area contributed by atoms with Crippen molar-refractivity contribution in [1.29, 1.82) is 0 Å². The van der Waals surface area contributed by atoms with Crippen molar-refractivity contribution in [2.45, 2.75) is 31.6 Å². The van der Waals surface area contributed by atoms with Crippen LogP contribution in [0, 0.1) is 0 Å². The second kappa shape index (κ2) is 8.57. The molecule has 1 saturated heterocycles. The fourth-order valence-electron chi connectivity index (χ4n) is 4.36. The zero-order valence-corrected chi connectivity index (χ0v) is 17.6. The first-order valence-corrected chi connectivity index (χ1v) is 10.4. The van der Waals surface area contributed by atoms with E-state index in [1.54, 1.807) is 7.05 Å². The SMILES string of the molecule is CNC(=O)[C@@H]1C[C@H](NCc2cn(C)c3ccccc23)CN1Cc1cccc(Cl)c1. The molecule has 6 heteroatoms. The number of carbonyl (C=O) groups is 1. The van der Waals surface area contributed by atoms with Crippen molar-refractivity contribution < 1.29 is 4.79 Å². The van der Waals surface area contributed by atoms with Crippen LogP contribution >= 0.6 is 11.6 Å². The lowest BCUT2D eigenvalue weighted by molar-refractivity contribution is -0.125. The molecule has 1 aliphatic rings. The number of benzene rings is 2. The topological polar surface area (TPSA) is 49.3 Å². The van der Waals surface area contributed by atoms with Crippen LogP contribution in [-0.4, -0.2) is 41.1 Å². The number of aromatic nitrogens is 1. The summed E-state index contributed by atoms with van der Waals surface area (Å²) < 4.78 is 2.17. The minimum atomic E-state index is -0.135. The second-order valence-corrected chi connectivity index (χ2v) is 8.22. The number of likely N-dealkylation sites (N-methyl/N-ethyl adjacent to an activating group) is 1. The standard InChI is InChI=1S/C23H27ClN4O/c1-25-23(29)22-11-19(15-28(22)13-16-6-5-7-18(24)10-16)26-12-17-14-27(2)21-9-4-3-8-20(17)21/h3-10,14,19,22,26H,11-13,15H2,1-2H3,(H,25,29)/t19-,22-/m0/s1. The first-order valence-electron chi connectivity index (χ1n) is 10.0. The first kappa shape index (κ1) is 20.0. The molecular formula is C23H27ClN4O. The van der Waals surface area contributed by atoms with Crippen molar-refractivity contribution in [3.63, 3.8) is 0 Å². The summed E-state index contributed by atoms with van der Waals surface area (Å²) in [5.74, 6) is 0.0708. The molecule has 4 rings (SSSR count). The number of carbonyl (C=O) groups excluding carboxylic acids is 1. The Morgan fingerprint density at radius 3 is 2.83 bits per heavy atom. The van der Waals surface area contributed by atoms with E-state index in [1.807, 2.05) is 18.2 Å². The summed E-state index contributed by atoms with van der Waals surface area (Å²) >= 11 is 6.14. The largest absolute Gasteiger partial charge is 0.358 e. The van der Waals surface area contributed by atoms with Crippen LogP contribution < -0.4 is 10.6 Å². The Bertz CT molecular complexity index is 1020. The van der Waals surface area contributed by atoms with Gasteiger partial charge < -0.3 is 15.2 Å². The fraction of sp³-hybridized carbons (Fsp3) is 0.348. The summed E-state index contributed by atoms with van der Waals surface area (Å²) in [7, 11) is 3.78. The minimum absolute atomic E-state index is 0.0708. The number of amides is 1. The number of hydrogen-bond donors (Lipinski definition) is 2. The summed E-state index contributed by atoms with van der Waals surface area (Å²) in [6.45, 7) is 2.33. The van der Waals surface area contributed by atoms with Crippen LogP contribution in [0.2, 0.25) is 5.02 Å². The van der Waals surface area contributed by atoms with Gasteiger partial charge in [-0.15, -0.1) is 0 Å². The molecule has 0 radical (unpaired) electrons. The third kappa shape index (κ3) is 4.32. The maximum Gasteiger partial charge on any atom is 0.237 e. The minimum Gasteiger partial charge on any atom is -0.358 e. The molecule has 1 amide bonds. The molecule has 0 unspecified atom stereocenters. The number of rotatable bonds is 6. The van der Waals surface area contributed by atoms with E-state index in [-0.39, 0.29) is 18.0 Å². The van der Waals surface area contributed by atoms with Crippen molar-refractivity contribution in [3.05, 3.63) is 70.9 Å². The normalized spacial score (nSPS) is 19.7. The number of halogens is 1. The van der Waals surface area contributed by atoms with Gasteiger partial charge in [-0.1, -0.05) is 41.9 Å². The number of para-hydroxylation sites is 1. The summed E-state index contributed by atoms with van der Waals surface area (Å²) in [5, 5.41) is 8.50. The smallest absolute Gasteiger partial charge is 0.237 e. The van der Waals surface area contributed by atoms with Gasteiger partial charge in [0.1, 0.15) is 0 Å². The Labute approximate surface area is 176 Å². The van der Waals surface area contributed by atoms with Gasteiger partial charge in [0, 0.05) is 61.9 Å². The lowest BCUT2D eigenvalue weighted by atomic mass is 10.1. The van der Waals surface area contributed by atoms with Gasteiger partial charge in [-0.05, 0) is 35.7 Å². The molecule has 2 atom stereocenters. The highest BCUT2D eigenvalue weighted by molar-refractivity contribution is 6.30. The highest BCUT2D eigenvalue weighted by Crippen LogP contribution is 2.24. The van der Waals surface area contributed by atoms with Gasteiger partial charge in [0.15, 0.2) is 0 Å². The Hall–Kier alpha value is -2.34. The molecule has 1 fully saturated rings. The number of nitrogens with zero attached hydrogens (tertiary/aromatic N) is 2. The molecule has 3 aromatic rings. The molecule has 29 heavy (non-hydrogen) atoms. The highest BCUT2D eigenvalue weighted by atomic mass is 35.5. The molecule has 2 aromatic carbocycles. The van der Waals surface area contributed by atoms with Gasteiger partial charge in [0.2, 0.25) is 5.91 Å². The van der Waals surface area contributed by atoms with Crippen LogP contribution in [0.5, 0.6) is 0 Å². The number of fused-ring (bicyclic) bond motifs is 1. The van der Waals surface area contributed by atoms with E-state index >= 15 is 0 Å². The number of likely N-dealkylation sites (tertiary alicyclic amines) is 1. The molecule has 0 aliphatic carbocycles. The predicted molar refractivity (Wildman–Crippen MR) is 118 cm³/mol. The maximum absolute atomic E-state index is 12.5. The van der Waals surface area contributed by atoms with Gasteiger partial charge in [-0.3, -0.25) is 9.69 Å². The van der Waals surface area contributed by atoms with Gasteiger partial charge in [-0.2, -0.15) is 0 Å². The lowest BCUT2D eigenvalue weighted by Crippen LogP contribution is -2.41. The quantitative estimate of drug-likeness (QED) is 0.655. The van der Waals surface area contributed by atoms with Gasteiger partial charge in [0.05, 0.1) is 6.04 Å². The van der Waals surface area contributed by atoms with Gasteiger partial charge in [0.25, 0.3) is 0 Å². The number of hydrogen-bond acceptors (Lipinski definition) is 3. The van der Waals surface area contributed by atoms with Crippen LogP contribution in [0.25, 0.3) is 10.9 Å². The Balaban J connectivity index is 1.46. The van der Waals surface area contributed by atoms with E-state index in [1.165, 1.54) is 16.5 Å². The zero-order chi connectivity index (χ0) is 20.4. The molecule has 1 aromatic heterocycles. The molecule has 2 heterocycles. The van der Waals surface area contributed by atoms with Crippen LogP contribution in [0.4, 0.5) is 0 Å². The first-order chi connectivity index (χ1) is 14.0. The van der Waals surface area contributed by atoms with Crippen molar-refractivity contribution >= 4 is 28.4 Å². The second-order valence-electron chi connectivity index (χ2n) is 7.79. The van der Waals surface area contributed by atoms with Crippen LogP contribution in [-0.2, 0) is 24.9 Å². The fourth-order valence-corrected chi connectivity index (χ4v) is 4.57. The molecule has 2 N–H and O–H groups in total. The number of nitrogens with one attached hydrogen (secondary N) is 2. The molecule has 5 nitrogen and oxygen atoms in total. The highest BCUT2D eigenvalue weighted by Gasteiger charge is 2.36. The lowest BCUT2D eigenvalue weighted by Gasteiger charge is -2.23. The monoisotopic (exact) mass is 410 g/mol. The average molecular weight is 411 g/mol. The summed E-state index contributed by atoms with van der Waals surface area (Å²) in [6, 6.07) is 16.4. The van der Waals surface area contributed by atoms with Gasteiger partial charge in [-0.25, -0.2) is 0 Å². The Morgan fingerprint density at radius 2 is 2.03 bits per heavy atom. The zero-order valence-electron chi connectivity index (χ0n) is 16.9. The van der Waals surface area contributed by atoms with E-state index in [2.05, 4.69) is 63.7 Å². The Kier molecular flexibility index (Phi) is 5.90. The summed E-state index contributed by atoms with van der Waals surface area (Å²) in [5.41, 5.74) is 3.65. The van der Waals surface area contributed by atoms with Crippen LogP contribution in [0.15, 0.2) is 54.7 Å². The molecule has 1 aliphatic heterocycles. The van der Waals surface area contributed by atoms with Crippen molar-refractivity contribution in [3.8, 4) is 0 Å². The van der Waals surface area contributed by atoms with E-state index < -0.39 is 0 Å². The maximum atomic E-state index is 12.5. The van der Waals surface area contributed by atoms with E-state index in [9.17, 15) is 4.79 Å².